The van der Waals surface area contributed by atoms with E-state index in [0.717, 1.165) is 48.2 Å². The molecule has 0 spiro atoms. The molecular formula is C18H24N4O2. The van der Waals surface area contributed by atoms with E-state index in [0.29, 0.717) is 30.5 Å². The second-order valence-electron chi connectivity index (χ2n) is 6.86. The molecule has 1 unspecified atom stereocenters. The van der Waals surface area contributed by atoms with Gasteiger partial charge < -0.3 is 20.1 Å². The lowest BCUT2D eigenvalue weighted by Crippen LogP contribution is -2.47. The van der Waals surface area contributed by atoms with Crippen LogP contribution in [0.25, 0.3) is 11.0 Å². The lowest BCUT2D eigenvalue weighted by Gasteiger charge is -2.42. The highest BCUT2D eigenvalue weighted by atomic mass is 16.5. The van der Waals surface area contributed by atoms with Crippen molar-refractivity contribution in [1.82, 2.24) is 9.97 Å². The molecule has 2 aromatic rings. The Morgan fingerprint density at radius 2 is 2.04 bits per heavy atom. The van der Waals surface area contributed by atoms with Gasteiger partial charge in [-0.2, -0.15) is 0 Å². The molecule has 6 heteroatoms. The van der Waals surface area contributed by atoms with Crippen LogP contribution in [0.2, 0.25) is 0 Å². The molecule has 128 valence electrons. The Balaban J connectivity index is 1.72. The van der Waals surface area contributed by atoms with Crippen LogP contribution >= 0.6 is 0 Å². The number of anilines is 1. The second-order valence-corrected chi connectivity index (χ2v) is 6.86. The van der Waals surface area contributed by atoms with E-state index in [1.807, 2.05) is 12.1 Å². The standard InChI is InChI=1S/C18H24N4O2/c1-22-14(11-3-5-12(19)6-4-11)10-24-15-9-20-13-7-8-16(23-2)21-17(13)18(15)22/h7-9,11-12,14H,3-6,10,19H2,1-2H3. The number of hydrogen-bond donors (Lipinski definition) is 1. The predicted octanol–water partition coefficient (Wildman–Crippen LogP) is 2.35. The summed E-state index contributed by atoms with van der Waals surface area (Å²) in [6.45, 7) is 0.695. The molecule has 0 radical (unpaired) electrons. The zero-order valence-electron chi connectivity index (χ0n) is 14.2. The van der Waals surface area contributed by atoms with E-state index in [4.69, 9.17) is 15.2 Å². The van der Waals surface area contributed by atoms with Crippen LogP contribution in [-0.2, 0) is 0 Å². The summed E-state index contributed by atoms with van der Waals surface area (Å²) in [5.74, 6) is 2.00. The highest BCUT2D eigenvalue weighted by Gasteiger charge is 2.35. The molecule has 0 amide bonds. The summed E-state index contributed by atoms with van der Waals surface area (Å²) in [7, 11) is 3.77. The number of rotatable bonds is 2. The highest BCUT2D eigenvalue weighted by molar-refractivity contribution is 5.92. The van der Waals surface area contributed by atoms with E-state index in [-0.39, 0.29) is 0 Å². The van der Waals surface area contributed by atoms with Crippen molar-refractivity contribution in [2.45, 2.75) is 37.8 Å². The first-order chi connectivity index (χ1) is 11.7. The van der Waals surface area contributed by atoms with Gasteiger partial charge in [-0.3, -0.25) is 4.98 Å². The fourth-order valence-corrected chi connectivity index (χ4v) is 4.01. The molecule has 2 aromatic heterocycles. The Kier molecular flexibility index (Phi) is 3.92. The zero-order chi connectivity index (χ0) is 16.7. The van der Waals surface area contributed by atoms with Gasteiger partial charge in [0.15, 0.2) is 5.75 Å². The summed E-state index contributed by atoms with van der Waals surface area (Å²) in [6.07, 6.45) is 6.33. The molecule has 1 atom stereocenters. The molecule has 1 saturated carbocycles. The van der Waals surface area contributed by atoms with Crippen LogP contribution in [0, 0.1) is 5.92 Å². The Hall–Kier alpha value is -2.08. The zero-order valence-corrected chi connectivity index (χ0v) is 14.2. The molecule has 0 saturated heterocycles. The van der Waals surface area contributed by atoms with Crippen molar-refractivity contribution in [3.05, 3.63) is 18.3 Å². The molecule has 1 aliphatic heterocycles. The molecule has 24 heavy (non-hydrogen) atoms. The summed E-state index contributed by atoms with van der Waals surface area (Å²) < 4.78 is 11.3. The number of nitrogens with two attached hydrogens (primary N) is 1. The van der Waals surface area contributed by atoms with E-state index >= 15 is 0 Å². The summed E-state index contributed by atoms with van der Waals surface area (Å²) in [5, 5.41) is 0. The van der Waals surface area contributed by atoms with Crippen LogP contribution in [0.5, 0.6) is 11.6 Å². The van der Waals surface area contributed by atoms with Crippen LogP contribution in [0.15, 0.2) is 18.3 Å². The van der Waals surface area contributed by atoms with E-state index in [1.54, 1.807) is 13.3 Å². The van der Waals surface area contributed by atoms with E-state index in [1.165, 1.54) is 0 Å². The van der Waals surface area contributed by atoms with Gasteiger partial charge in [-0.1, -0.05) is 0 Å². The fourth-order valence-electron chi connectivity index (χ4n) is 4.01. The largest absolute Gasteiger partial charge is 0.488 e. The average Bonchev–Trinajstić information content (AvgIpc) is 2.62. The van der Waals surface area contributed by atoms with E-state index < -0.39 is 0 Å². The molecule has 1 aliphatic carbocycles. The first-order valence-electron chi connectivity index (χ1n) is 8.62. The third-order valence-electron chi connectivity index (χ3n) is 5.46. The molecule has 4 rings (SSSR count). The van der Waals surface area contributed by atoms with Gasteiger partial charge >= 0.3 is 0 Å². The Morgan fingerprint density at radius 1 is 1.25 bits per heavy atom. The minimum atomic E-state index is 0.351. The normalized spacial score (nSPS) is 26.8. The topological polar surface area (TPSA) is 73.5 Å². The number of fused-ring (bicyclic) bond motifs is 3. The van der Waals surface area contributed by atoms with Gasteiger partial charge in [0.2, 0.25) is 5.88 Å². The van der Waals surface area contributed by atoms with Crippen LogP contribution in [0.4, 0.5) is 5.69 Å². The highest BCUT2D eigenvalue weighted by Crippen LogP contribution is 2.41. The molecule has 0 aromatic carbocycles. The smallest absolute Gasteiger partial charge is 0.213 e. The molecule has 2 N–H and O–H groups in total. The van der Waals surface area contributed by atoms with Crippen LogP contribution in [0.1, 0.15) is 25.7 Å². The minimum Gasteiger partial charge on any atom is -0.488 e. The summed E-state index contributed by atoms with van der Waals surface area (Å²) in [6, 6.07) is 4.49. The summed E-state index contributed by atoms with van der Waals surface area (Å²) in [5.41, 5.74) is 8.78. The summed E-state index contributed by atoms with van der Waals surface area (Å²) in [4.78, 5) is 11.4. The number of nitrogens with zero attached hydrogens (tertiary/aromatic N) is 3. The monoisotopic (exact) mass is 328 g/mol. The van der Waals surface area contributed by atoms with Gasteiger partial charge in [0.05, 0.1) is 24.9 Å². The van der Waals surface area contributed by atoms with Crippen molar-refractivity contribution in [2.75, 3.05) is 25.7 Å². The van der Waals surface area contributed by atoms with Gasteiger partial charge in [0, 0.05) is 19.2 Å². The third kappa shape index (κ3) is 2.55. The van der Waals surface area contributed by atoms with Gasteiger partial charge in [-0.15, -0.1) is 0 Å². The molecule has 1 fully saturated rings. The van der Waals surface area contributed by atoms with Crippen LogP contribution in [-0.4, -0.2) is 42.8 Å². The first-order valence-corrected chi connectivity index (χ1v) is 8.62. The summed E-state index contributed by atoms with van der Waals surface area (Å²) >= 11 is 0. The van der Waals surface area contributed by atoms with Gasteiger partial charge in [-0.25, -0.2) is 4.98 Å². The maximum absolute atomic E-state index is 6.07. The first kappa shape index (κ1) is 15.4. The SMILES string of the molecule is COc1ccc2ncc3c(c2n1)N(C)C(C1CCC(N)CC1)CO3. The number of pyridine rings is 2. The Labute approximate surface area is 142 Å². The maximum Gasteiger partial charge on any atom is 0.213 e. The van der Waals surface area contributed by atoms with E-state index in [2.05, 4.69) is 21.9 Å². The Morgan fingerprint density at radius 3 is 2.79 bits per heavy atom. The van der Waals surface area contributed by atoms with Crippen molar-refractivity contribution >= 4 is 16.7 Å². The third-order valence-corrected chi connectivity index (χ3v) is 5.46. The lowest BCUT2D eigenvalue weighted by molar-refractivity contribution is 0.189. The van der Waals surface area contributed by atoms with Gasteiger partial charge in [0.25, 0.3) is 0 Å². The van der Waals surface area contributed by atoms with E-state index in [9.17, 15) is 0 Å². The molecular weight excluding hydrogens is 304 g/mol. The minimum absolute atomic E-state index is 0.351. The van der Waals surface area contributed by atoms with Crippen LogP contribution in [0.3, 0.4) is 0 Å². The molecule has 3 heterocycles. The molecule has 0 bridgehead atoms. The fraction of sp³-hybridized carbons (Fsp3) is 0.556. The molecule has 2 aliphatic rings. The van der Waals surface area contributed by atoms with Gasteiger partial charge in [0.1, 0.15) is 17.8 Å². The number of methoxy groups -OCH3 is 1. The number of aromatic nitrogens is 2. The van der Waals surface area contributed by atoms with Crippen molar-refractivity contribution in [1.29, 1.82) is 0 Å². The second kappa shape index (κ2) is 6.09. The lowest BCUT2D eigenvalue weighted by atomic mass is 9.81. The average molecular weight is 328 g/mol. The quantitative estimate of drug-likeness (QED) is 0.912. The Bertz CT molecular complexity index is 738. The van der Waals surface area contributed by atoms with Crippen molar-refractivity contribution in [3.63, 3.8) is 0 Å². The van der Waals surface area contributed by atoms with Crippen molar-refractivity contribution in [2.24, 2.45) is 11.7 Å². The molecule has 6 nitrogen and oxygen atoms in total. The maximum atomic E-state index is 6.07. The number of likely N-dealkylation sites (N-methyl/N-ethyl adjacent to an activating group) is 1. The van der Waals surface area contributed by atoms with Crippen LogP contribution < -0.4 is 20.1 Å². The van der Waals surface area contributed by atoms with Crippen molar-refractivity contribution < 1.29 is 9.47 Å². The number of hydrogen-bond acceptors (Lipinski definition) is 6. The van der Waals surface area contributed by atoms with Crippen molar-refractivity contribution in [3.8, 4) is 11.6 Å². The number of ether oxygens (including phenoxy) is 2. The van der Waals surface area contributed by atoms with Gasteiger partial charge in [-0.05, 0) is 37.7 Å². The predicted molar refractivity (Wildman–Crippen MR) is 93.7 cm³/mol.